The topological polar surface area (TPSA) is 66.4 Å². The molecule has 5 heterocycles. The first-order valence-electron chi connectivity index (χ1n) is 10.2. The molecule has 3 fully saturated rings. The maximum absolute atomic E-state index is 13.2. The van der Waals surface area contributed by atoms with E-state index in [0.29, 0.717) is 12.3 Å². The fraction of sp³-hybridized carbons (Fsp3) is 0.524. The number of carbonyl (C=O) groups excluding carboxylic acids is 2. The molecule has 3 saturated heterocycles. The van der Waals surface area contributed by atoms with E-state index in [1.165, 1.54) is 0 Å². The van der Waals surface area contributed by atoms with Crippen LogP contribution < -0.4 is 0 Å². The molecular formula is C21H24N4O2S2. The van der Waals surface area contributed by atoms with Gasteiger partial charge in [-0.25, -0.2) is 4.98 Å². The monoisotopic (exact) mass is 428 g/mol. The van der Waals surface area contributed by atoms with Gasteiger partial charge in [-0.05, 0) is 38.3 Å². The maximum atomic E-state index is 13.2. The Morgan fingerprint density at radius 1 is 1.24 bits per heavy atom. The predicted molar refractivity (Wildman–Crippen MR) is 115 cm³/mol. The van der Waals surface area contributed by atoms with Gasteiger partial charge in [0.25, 0.3) is 0 Å². The van der Waals surface area contributed by atoms with Crippen molar-refractivity contribution in [1.29, 1.82) is 0 Å². The summed E-state index contributed by atoms with van der Waals surface area (Å²) in [5, 5.41) is 3.26. The van der Waals surface area contributed by atoms with E-state index in [0.717, 1.165) is 54.4 Å². The number of fused-ring (bicyclic) bond motifs is 1. The number of carbonyl (C=O) groups is 2. The van der Waals surface area contributed by atoms with Gasteiger partial charge >= 0.3 is 0 Å². The molecule has 8 heteroatoms. The average molecular weight is 429 g/mol. The fourth-order valence-electron chi connectivity index (χ4n) is 4.69. The van der Waals surface area contributed by atoms with Crippen molar-refractivity contribution in [3.05, 3.63) is 34.9 Å². The molecule has 6 nitrogen and oxygen atoms in total. The molecule has 2 unspecified atom stereocenters. The van der Waals surface area contributed by atoms with Gasteiger partial charge in [-0.2, -0.15) is 0 Å². The highest BCUT2D eigenvalue weighted by atomic mass is 32.2. The van der Waals surface area contributed by atoms with Crippen molar-refractivity contribution < 1.29 is 9.59 Å². The van der Waals surface area contributed by atoms with E-state index < -0.39 is 0 Å². The van der Waals surface area contributed by atoms with Gasteiger partial charge < -0.3 is 9.80 Å². The Morgan fingerprint density at radius 2 is 2.00 bits per heavy atom. The molecule has 5 rings (SSSR count). The van der Waals surface area contributed by atoms with Crippen LogP contribution in [0, 0.1) is 0 Å². The fourth-order valence-corrected chi connectivity index (χ4v) is 7.11. The summed E-state index contributed by atoms with van der Waals surface area (Å²) in [5.41, 5.74) is 2.09. The van der Waals surface area contributed by atoms with E-state index in [1.807, 2.05) is 21.9 Å². The third kappa shape index (κ3) is 3.36. The zero-order chi connectivity index (χ0) is 20.0. The molecular weight excluding hydrogens is 404 g/mol. The summed E-state index contributed by atoms with van der Waals surface area (Å²) in [6, 6.07) is 3.68. The summed E-state index contributed by atoms with van der Waals surface area (Å²) in [7, 11) is 0. The van der Waals surface area contributed by atoms with Crippen LogP contribution in [0.3, 0.4) is 0 Å². The zero-order valence-corrected chi connectivity index (χ0v) is 18.0. The first-order valence-corrected chi connectivity index (χ1v) is 12.0. The smallest absolute Gasteiger partial charge is 0.246 e. The molecule has 3 aliphatic rings. The number of thiazole rings is 1. The van der Waals surface area contributed by atoms with Crippen LogP contribution in [0.2, 0.25) is 0 Å². The Morgan fingerprint density at radius 3 is 2.76 bits per heavy atom. The van der Waals surface area contributed by atoms with Crippen molar-refractivity contribution in [3.8, 4) is 11.3 Å². The number of rotatable bonds is 3. The van der Waals surface area contributed by atoms with Crippen LogP contribution in [0.4, 0.5) is 0 Å². The van der Waals surface area contributed by atoms with Gasteiger partial charge in [-0.3, -0.25) is 14.6 Å². The molecule has 0 aliphatic carbocycles. The summed E-state index contributed by atoms with van der Waals surface area (Å²) < 4.78 is 0. The third-order valence-corrected chi connectivity index (χ3v) is 8.90. The summed E-state index contributed by atoms with van der Waals surface area (Å²) in [4.78, 5) is 38.1. The van der Waals surface area contributed by atoms with Crippen LogP contribution in [0.15, 0.2) is 29.9 Å². The largest absolute Gasteiger partial charge is 0.341 e. The summed E-state index contributed by atoms with van der Waals surface area (Å²) in [5.74, 6) is 1.39. The number of hydrogen-bond donors (Lipinski definition) is 0. The van der Waals surface area contributed by atoms with E-state index in [9.17, 15) is 9.59 Å². The second-order valence-electron chi connectivity index (χ2n) is 8.17. The number of pyridine rings is 1. The lowest BCUT2D eigenvalue weighted by atomic mass is 9.97. The summed E-state index contributed by atoms with van der Waals surface area (Å²) in [6.45, 7) is 3.59. The number of likely N-dealkylation sites (tertiary alicyclic amines) is 1. The molecule has 2 aromatic heterocycles. The number of amides is 2. The molecule has 29 heavy (non-hydrogen) atoms. The quantitative estimate of drug-likeness (QED) is 0.750. The molecule has 2 atom stereocenters. The molecule has 0 saturated carbocycles. The van der Waals surface area contributed by atoms with Crippen LogP contribution in [-0.2, 0) is 9.59 Å². The highest BCUT2D eigenvalue weighted by Crippen LogP contribution is 2.47. The first kappa shape index (κ1) is 19.1. The SMILES string of the molecule is CC12CCC(=O)N1C(C(=O)N1CCC(c3nc(-c4ccncc4)cs3)CC1)CS2. The standard InChI is InChI=1S/C21H24N4O2S2/c1-21-7-2-18(26)25(21)17(13-29-21)20(27)24-10-5-15(6-11-24)19-23-16(12-28-19)14-3-8-22-9-4-14/h3-4,8-9,12,15,17H,2,5-7,10-11,13H2,1H3. The Labute approximate surface area is 178 Å². The molecule has 0 spiro atoms. The summed E-state index contributed by atoms with van der Waals surface area (Å²) >= 11 is 3.47. The van der Waals surface area contributed by atoms with Crippen molar-refractivity contribution >= 4 is 34.9 Å². The van der Waals surface area contributed by atoms with Gasteiger partial charge in [0.2, 0.25) is 11.8 Å². The minimum atomic E-state index is -0.283. The molecule has 0 bridgehead atoms. The average Bonchev–Trinajstić information content (AvgIpc) is 3.44. The van der Waals surface area contributed by atoms with Crippen LogP contribution in [-0.4, -0.2) is 61.3 Å². The van der Waals surface area contributed by atoms with Crippen molar-refractivity contribution in [3.63, 3.8) is 0 Å². The second kappa shape index (κ2) is 7.40. The summed E-state index contributed by atoms with van der Waals surface area (Å²) in [6.07, 6.45) is 6.86. The molecule has 3 aliphatic heterocycles. The lowest BCUT2D eigenvalue weighted by molar-refractivity contribution is -0.144. The van der Waals surface area contributed by atoms with Gasteiger partial charge in [-0.15, -0.1) is 23.1 Å². The van der Waals surface area contributed by atoms with Crippen molar-refractivity contribution in [2.45, 2.75) is 49.4 Å². The molecule has 2 aromatic rings. The van der Waals surface area contributed by atoms with Gasteiger partial charge in [0.15, 0.2) is 0 Å². The second-order valence-corrected chi connectivity index (χ2v) is 10.6. The molecule has 0 radical (unpaired) electrons. The first-order chi connectivity index (χ1) is 14.0. The highest BCUT2D eigenvalue weighted by molar-refractivity contribution is 8.01. The lowest BCUT2D eigenvalue weighted by Crippen LogP contribution is -2.52. The number of nitrogens with zero attached hydrogens (tertiary/aromatic N) is 4. The van der Waals surface area contributed by atoms with E-state index in [1.54, 1.807) is 35.5 Å². The molecule has 0 aromatic carbocycles. The minimum absolute atomic E-state index is 0.131. The Hall–Kier alpha value is -1.93. The van der Waals surface area contributed by atoms with E-state index in [4.69, 9.17) is 4.98 Å². The molecule has 152 valence electrons. The van der Waals surface area contributed by atoms with Crippen LogP contribution >= 0.6 is 23.1 Å². The van der Waals surface area contributed by atoms with E-state index >= 15 is 0 Å². The van der Waals surface area contributed by atoms with Gasteiger partial charge in [0.1, 0.15) is 6.04 Å². The number of piperidine rings is 1. The Bertz CT molecular complexity index is 926. The van der Waals surface area contributed by atoms with E-state index in [2.05, 4.69) is 17.3 Å². The van der Waals surface area contributed by atoms with Crippen molar-refractivity contribution in [1.82, 2.24) is 19.8 Å². The van der Waals surface area contributed by atoms with Crippen molar-refractivity contribution in [2.24, 2.45) is 0 Å². The predicted octanol–water partition coefficient (Wildman–Crippen LogP) is 3.37. The van der Waals surface area contributed by atoms with E-state index in [-0.39, 0.29) is 22.7 Å². The van der Waals surface area contributed by atoms with Crippen molar-refractivity contribution in [2.75, 3.05) is 18.8 Å². The van der Waals surface area contributed by atoms with Gasteiger partial charge in [0, 0.05) is 54.5 Å². The van der Waals surface area contributed by atoms with Crippen LogP contribution in [0.1, 0.15) is 43.5 Å². The highest BCUT2D eigenvalue weighted by Gasteiger charge is 2.53. The van der Waals surface area contributed by atoms with Crippen LogP contribution in [0.25, 0.3) is 11.3 Å². The number of hydrogen-bond acceptors (Lipinski definition) is 6. The third-order valence-electron chi connectivity index (χ3n) is 6.38. The Kier molecular flexibility index (Phi) is 4.86. The lowest BCUT2D eigenvalue weighted by Gasteiger charge is -2.36. The minimum Gasteiger partial charge on any atom is -0.341 e. The normalized spacial score (nSPS) is 27.5. The Balaban J connectivity index is 1.23. The number of aromatic nitrogens is 2. The van der Waals surface area contributed by atoms with Gasteiger partial charge in [0.05, 0.1) is 15.6 Å². The molecule has 0 N–H and O–H groups in total. The number of thioether (sulfide) groups is 1. The molecule has 2 amide bonds. The van der Waals surface area contributed by atoms with Gasteiger partial charge in [-0.1, -0.05) is 0 Å². The van der Waals surface area contributed by atoms with Crippen LogP contribution in [0.5, 0.6) is 0 Å². The zero-order valence-electron chi connectivity index (χ0n) is 16.4. The maximum Gasteiger partial charge on any atom is 0.246 e.